The minimum absolute atomic E-state index is 0.267. The van der Waals surface area contributed by atoms with Crippen molar-refractivity contribution in [2.75, 3.05) is 11.5 Å². The van der Waals surface area contributed by atoms with Gasteiger partial charge in [0.15, 0.2) is 9.84 Å². The third kappa shape index (κ3) is 1.35. The molecule has 0 radical (unpaired) electrons. The van der Waals surface area contributed by atoms with Gasteiger partial charge >= 0.3 is 10.4 Å². The average molecular weight is 214 g/mol. The van der Waals surface area contributed by atoms with Crippen LogP contribution in [0.4, 0.5) is 0 Å². The monoisotopic (exact) mass is 214 g/mol. The summed E-state index contributed by atoms with van der Waals surface area (Å²) in [6, 6.07) is 0. The lowest BCUT2D eigenvalue weighted by Gasteiger charge is -1.95. The maximum atomic E-state index is 10.9. The van der Waals surface area contributed by atoms with E-state index in [1.807, 2.05) is 0 Å². The van der Waals surface area contributed by atoms with Crippen molar-refractivity contribution in [2.45, 2.75) is 12.2 Å². The highest BCUT2D eigenvalue weighted by Crippen LogP contribution is 2.28. The van der Waals surface area contributed by atoms with Crippen LogP contribution >= 0.6 is 0 Å². The van der Waals surface area contributed by atoms with E-state index < -0.39 is 32.4 Å². The van der Waals surface area contributed by atoms with E-state index in [1.54, 1.807) is 0 Å². The fourth-order valence-electron chi connectivity index (χ4n) is 1.29. The smallest absolute Gasteiger partial charge is 0.241 e. The van der Waals surface area contributed by atoms with Gasteiger partial charge in [-0.05, 0) is 0 Å². The standard InChI is InChI=1S/C4H6O6S2/c5-11(6)1-3-4(2-11)10-12(7,8)9-3/h3-4H,1-2H2. The molecule has 2 saturated heterocycles. The molecule has 2 rings (SSSR count). The van der Waals surface area contributed by atoms with E-state index in [-0.39, 0.29) is 11.5 Å². The van der Waals surface area contributed by atoms with E-state index in [9.17, 15) is 16.8 Å². The molecule has 12 heavy (non-hydrogen) atoms. The molecule has 6 nitrogen and oxygen atoms in total. The second-order valence-electron chi connectivity index (χ2n) is 2.75. The Balaban J connectivity index is 2.28. The predicted octanol–water partition coefficient (Wildman–Crippen LogP) is -1.56. The van der Waals surface area contributed by atoms with Gasteiger partial charge in [0.05, 0.1) is 11.5 Å². The number of hydrogen-bond donors (Lipinski definition) is 0. The van der Waals surface area contributed by atoms with Crippen LogP contribution in [0.5, 0.6) is 0 Å². The second-order valence-corrected chi connectivity index (χ2v) is 6.11. The molecule has 2 aliphatic rings. The van der Waals surface area contributed by atoms with Crippen molar-refractivity contribution in [1.82, 2.24) is 0 Å². The quantitative estimate of drug-likeness (QED) is 0.485. The maximum Gasteiger partial charge on any atom is 0.400 e. The van der Waals surface area contributed by atoms with Gasteiger partial charge in [-0.15, -0.1) is 0 Å². The van der Waals surface area contributed by atoms with Gasteiger partial charge in [-0.2, -0.15) is 8.42 Å². The summed E-state index contributed by atoms with van der Waals surface area (Å²) in [4.78, 5) is 0. The molecule has 0 spiro atoms. The van der Waals surface area contributed by atoms with Crippen molar-refractivity contribution in [2.24, 2.45) is 0 Å². The molecule has 0 aromatic heterocycles. The number of fused-ring (bicyclic) bond motifs is 1. The van der Waals surface area contributed by atoms with Gasteiger partial charge in [-0.1, -0.05) is 0 Å². The minimum Gasteiger partial charge on any atom is -0.241 e. The van der Waals surface area contributed by atoms with Gasteiger partial charge in [0.2, 0.25) is 0 Å². The maximum absolute atomic E-state index is 10.9. The summed E-state index contributed by atoms with van der Waals surface area (Å²) >= 11 is 0. The van der Waals surface area contributed by atoms with Gasteiger partial charge in [0.25, 0.3) is 0 Å². The van der Waals surface area contributed by atoms with E-state index in [0.717, 1.165) is 0 Å². The molecule has 2 aliphatic heterocycles. The molecule has 0 aromatic rings. The van der Waals surface area contributed by atoms with Crippen LogP contribution < -0.4 is 0 Å². The van der Waals surface area contributed by atoms with Gasteiger partial charge < -0.3 is 0 Å². The van der Waals surface area contributed by atoms with Gasteiger partial charge in [0.1, 0.15) is 12.2 Å². The fourth-order valence-corrected chi connectivity index (χ4v) is 4.20. The van der Waals surface area contributed by atoms with Crippen LogP contribution in [0.3, 0.4) is 0 Å². The summed E-state index contributed by atoms with van der Waals surface area (Å²) in [5.41, 5.74) is 0. The average Bonchev–Trinajstić information content (AvgIpc) is 2.12. The largest absolute Gasteiger partial charge is 0.400 e. The Labute approximate surface area is 69.7 Å². The zero-order valence-corrected chi connectivity index (χ0v) is 7.47. The lowest BCUT2D eigenvalue weighted by atomic mass is 10.3. The first-order chi connectivity index (χ1) is 5.38. The zero-order chi connectivity index (χ0) is 8.98. The summed E-state index contributed by atoms with van der Waals surface area (Å²) in [6.45, 7) is 0. The molecular formula is C4H6O6S2. The first kappa shape index (κ1) is 8.42. The molecule has 0 aromatic carbocycles. The Morgan fingerprint density at radius 1 is 0.917 bits per heavy atom. The highest BCUT2D eigenvalue weighted by atomic mass is 32.3. The zero-order valence-electron chi connectivity index (χ0n) is 5.83. The Kier molecular flexibility index (Phi) is 1.54. The van der Waals surface area contributed by atoms with Crippen molar-refractivity contribution < 1.29 is 25.2 Å². The fraction of sp³-hybridized carbons (Fsp3) is 1.00. The molecule has 0 saturated carbocycles. The van der Waals surface area contributed by atoms with Gasteiger partial charge in [-0.3, -0.25) is 0 Å². The van der Waals surface area contributed by atoms with Crippen molar-refractivity contribution in [3.8, 4) is 0 Å². The summed E-state index contributed by atoms with van der Waals surface area (Å²) in [5, 5.41) is 0. The molecular weight excluding hydrogens is 208 g/mol. The summed E-state index contributed by atoms with van der Waals surface area (Å²) in [5.74, 6) is -0.534. The lowest BCUT2D eigenvalue weighted by Crippen LogP contribution is -2.18. The first-order valence-electron chi connectivity index (χ1n) is 3.20. The molecule has 8 heteroatoms. The number of sulfone groups is 1. The van der Waals surface area contributed by atoms with E-state index in [1.165, 1.54) is 0 Å². The Hall–Kier alpha value is -0.180. The van der Waals surface area contributed by atoms with Crippen molar-refractivity contribution in [1.29, 1.82) is 0 Å². The first-order valence-corrected chi connectivity index (χ1v) is 6.35. The molecule has 0 bridgehead atoms. The molecule has 0 amide bonds. The van der Waals surface area contributed by atoms with Crippen molar-refractivity contribution in [3.63, 3.8) is 0 Å². The van der Waals surface area contributed by atoms with Crippen molar-refractivity contribution in [3.05, 3.63) is 0 Å². The van der Waals surface area contributed by atoms with Crippen molar-refractivity contribution >= 4 is 20.2 Å². The summed E-state index contributed by atoms with van der Waals surface area (Å²) in [7, 11) is -7.09. The molecule has 0 aliphatic carbocycles. The third-order valence-electron chi connectivity index (χ3n) is 1.73. The van der Waals surface area contributed by atoms with E-state index in [0.29, 0.717) is 0 Å². The molecule has 0 N–H and O–H groups in total. The van der Waals surface area contributed by atoms with E-state index >= 15 is 0 Å². The minimum atomic E-state index is -3.92. The third-order valence-corrected chi connectivity index (χ3v) is 4.37. The Morgan fingerprint density at radius 3 is 1.75 bits per heavy atom. The summed E-state index contributed by atoms with van der Waals surface area (Å²) < 4.78 is 51.8. The number of rotatable bonds is 0. The van der Waals surface area contributed by atoms with Gasteiger partial charge in [-0.25, -0.2) is 16.8 Å². The SMILES string of the molecule is O=S1(=O)CC2OS(=O)(=O)OC2C1. The van der Waals surface area contributed by atoms with Crippen LogP contribution in [0, 0.1) is 0 Å². The Bertz CT molecular complexity index is 327. The Morgan fingerprint density at radius 2 is 1.33 bits per heavy atom. The summed E-state index contributed by atoms with van der Waals surface area (Å²) in [6.07, 6.45) is -1.67. The highest BCUT2D eigenvalue weighted by Gasteiger charge is 2.49. The normalized spacial score (nSPS) is 42.7. The second kappa shape index (κ2) is 2.19. The van der Waals surface area contributed by atoms with Crippen LogP contribution in [-0.4, -0.2) is 40.5 Å². The van der Waals surface area contributed by atoms with Crippen LogP contribution in [0.15, 0.2) is 0 Å². The van der Waals surface area contributed by atoms with Crippen LogP contribution in [0.1, 0.15) is 0 Å². The van der Waals surface area contributed by atoms with E-state index in [4.69, 9.17) is 0 Å². The molecule has 2 fully saturated rings. The lowest BCUT2D eigenvalue weighted by molar-refractivity contribution is 0.205. The molecule has 2 unspecified atom stereocenters. The van der Waals surface area contributed by atoms with Crippen LogP contribution in [0.25, 0.3) is 0 Å². The highest BCUT2D eigenvalue weighted by molar-refractivity contribution is 7.92. The molecule has 2 heterocycles. The van der Waals surface area contributed by atoms with E-state index in [2.05, 4.69) is 8.37 Å². The van der Waals surface area contributed by atoms with Crippen LogP contribution in [-0.2, 0) is 28.6 Å². The van der Waals surface area contributed by atoms with Gasteiger partial charge in [0, 0.05) is 0 Å². The molecule has 2 atom stereocenters. The van der Waals surface area contributed by atoms with Crippen LogP contribution in [0.2, 0.25) is 0 Å². The predicted molar refractivity (Wildman–Crippen MR) is 37.3 cm³/mol. The number of hydrogen-bond acceptors (Lipinski definition) is 6. The molecule has 70 valence electrons. The topological polar surface area (TPSA) is 86.7 Å².